The molecule has 0 aliphatic carbocycles. The van der Waals surface area contributed by atoms with Crippen molar-refractivity contribution >= 4 is 5.82 Å². The fraction of sp³-hybridized carbons (Fsp3) is 0.318. The highest BCUT2D eigenvalue weighted by Crippen LogP contribution is 2.37. The molecule has 1 aromatic heterocycles. The molecule has 2 heterocycles. The number of benzene rings is 2. The Kier molecular flexibility index (Phi) is 4.41. The first-order valence-electron chi connectivity index (χ1n) is 9.26. The number of anilines is 1. The minimum absolute atomic E-state index is 0.865. The van der Waals surface area contributed by atoms with Gasteiger partial charge in [0.05, 0.1) is 12.8 Å². The van der Waals surface area contributed by atoms with E-state index in [4.69, 9.17) is 9.84 Å². The van der Waals surface area contributed by atoms with Gasteiger partial charge in [-0.25, -0.2) is 4.68 Å². The molecule has 26 heavy (non-hydrogen) atoms. The molecule has 1 aliphatic heterocycles. The van der Waals surface area contributed by atoms with Gasteiger partial charge in [0.15, 0.2) is 0 Å². The Morgan fingerprint density at radius 3 is 2.69 bits per heavy atom. The summed E-state index contributed by atoms with van der Waals surface area (Å²) in [5.41, 5.74) is 7.02. The molecule has 1 N–H and O–H groups in total. The van der Waals surface area contributed by atoms with E-state index in [-0.39, 0.29) is 0 Å². The number of methoxy groups -OCH3 is 1. The van der Waals surface area contributed by atoms with Gasteiger partial charge in [-0.2, -0.15) is 5.10 Å². The average Bonchev–Trinajstić information content (AvgIpc) is 2.85. The van der Waals surface area contributed by atoms with E-state index in [1.165, 1.54) is 29.5 Å². The monoisotopic (exact) mass is 347 g/mol. The molecular formula is C22H25N3O. The van der Waals surface area contributed by atoms with Crippen LogP contribution in [0.3, 0.4) is 0 Å². The van der Waals surface area contributed by atoms with Crippen LogP contribution in [0.25, 0.3) is 16.9 Å². The van der Waals surface area contributed by atoms with Gasteiger partial charge in [-0.15, -0.1) is 0 Å². The molecule has 0 saturated heterocycles. The van der Waals surface area contributed by atoms with Crippen molar-refractivity contribution in [3.63, 3.8) is 0 Å². The quantitative estimate of drug-likeness (QED) is 0.731. The number of para-hydroxylation sites is 1. The third-order valence-electron chi connectivity index (χ3n) is 5.23. The summed E-state index contributed by atoms with van der Waals surface area (Å²) in [6.45, 7) is 5.27. The fourth-order valence-electron chi connectivity index (χ4n) is 3.60. The van der Waals surface area contributed by atoms with E-state index in [1.54, 1.807) is 7.11 Å². The number of hydrogen-bond donors (Lipinski definition) is 1. The van der Waals surface area contributed by atoms with Crippen LogP contribution in [0.4, 0.5) is 5.82 Å². The van der Waals surface area contributed by atoms with Gasteiger partial charge in [0, 0.05) is 17.7 Å². The van der Waals surface area contributed by atoms with Crippen molar-refractivity contribution in [3.05, 3.63) is 59.2 Å². The summed E-state index contributed by atoms with van der Waals surface area (Å²) >= 11 is 0. The van der Waals surface area contributed by atoms with Gasteiger partial charge in [-0.3, -0.25) is 0 Å². The zero-order valence-electron chi connectivity index (χ0n) is 15.7. The number of hydrogen-bond acceptors (Lipinski definition) is 3. The van der Waals surface area contributed by atoms with Crippen molar-refractivity contribution < 1.29 is 4.74 Å². The summed E-state index contributed by atoms with van der Waals surface area (Å²) < 4.78 is 7.67. The summed E-state index contributed by atoms with van der Waals surface area (Å²) in [7, 11) is 1.72. The summed E-state index contributed by atoms with van der Waals surface area (Å²) in [6.07, 6.45) is 3.37. The molecule has 0 amide bonds. The molecule has 1 aliphatic rings. The van der Waals surface area contributed by atoms with Crippen molar-refractivity contribution in [1.29, 1.82) is 0 Å². The van der Waals surface area contributed by atoms with E-state index < -0.39 is 0 Å². The summed E-state index contributed by atoms with van der Waals surface area (Å²) in [4.78, 5) is 0. The number of aromatic nitrogens is 2. The molecular weight excluding hydrogens is 322 g/mol. The van der Waals surface area contributed by atoms with E-state index in [0.717, 1.165) is 41.5 Å². The van der Waals surface area contributed by atoms with Gasteiger partial charge in [-0.1, -0.05) is 18.2 Å². The number of ether oxygens (including phenoxy) is 1. The minimum atomic E-state index is 0.865. The Morgan fingerprint density at radius 1 is 1.04 bits per heavy atom. The Bertz CT molecular complexity index is 943. The van der Waals surface area contributed by atoms with Gasteiger partial charge in [0.25, 0.3) is 0 Å². The highest BCUT2D eigenvalue weighted by molar-refractivity contribution is 5.75. The Balaban J connectivity index is 1.93. The van der Waals surface area contributed by atoms with Crippen molar-refractivity contribution in [2.75, 3.05) is 19.0 Å². The maximum atomic E-state index is 5.60. The Labute approximate surface area is 154 Å². The maximum absolute atomic E-state index is 5.60. The van der Waals surface area contributed by atoms with Gasteiger partial charge < -0.3 is 10.1 Å². The second-order valence-corrected chi connectivity index (χ2v) is 6.94. The lowest BCUT2D eigenvalue weighted by Gasteiger charge is -2.10. The van der Waals surface area contributed by atoms with Gasteiger partial charge in [-0.05, 0) is 68.5 Å². The van der Waals surface area contributed by atoms with Crippen LogP contribution in [-0.4, -0.2) is 23.4 Å². The highest BCUT2D eigenvalue weighted by atomic mass is 16.5. The molecule has 0 spiro atoms. The molecule has 0 radical (unpaired) electrons. The lowest BCUT2D eigenvalue weighted by molar-refractivity contribution is 0.416. The van der Waals surface area contributed by atoms with Crippen LogP contribution >= 0.6 is 0 Å². The summed E-state index contributed by atoms with van der Waals surface area (Å²) in [5, 5.41) is 8.64. The average molecular weight is 347 g/mol. The number of rotatable bonds is 3. The predicted molar refractivity (Wildman–Crippen MR) is 106 cm³/mol. The lowest BCUT2D eigenvalue weighted by Crippen LogP contribution is -2.07. The van der Waals surface area contributed by atoms with Crippen molar-refractivity contribution in [3.8, 4) is 22.7 Å². The molecule has 2 aromatic carbocycles. The standard InChI is InChI=1S/C22H25N3O/c1-15-11-12-17(14-16(15)2)25-22-19(9-6-7-13-23-22)21(24-25)18-8-4-5-10-20(18)26-3/h4-5,8,10-12,14,23H,6-7,9,13H2,1-3H3. The molecule has 0 fully saturated rings. The van der Waals surface area contributed by atoms with Crippen molar-refractivity contribution in [2.45, 2.75) is 33.1 Å². The van der Waals surface area contributed by atoms with Crippen molar-refractivity contribution in [1.82, 2.24) is 9.78 Å². The first kappa shape index (κ1) is 16.7. The molecule has 3 aromatic rings. The molecule has 4 rings (SSSR count). The first-order valence-corrected chi connectivity index (χ1v) is 9.26. The number of nitrogens with one attached hydrogen (secondary N) is 1. The third-order valence-corrected chi connectivity index (χ3v) is 5.23. The van der Waals surface area contributed by atoms with Crippen LogP contribution in [0.2, 0.25) is 0 Å². The van der Waals surface area contributed by atoms with E-state index in [1.807, 2.05) is 18.2 Å². The molecule has 0 bridgehead atoms. The maximum Gasteiger partial charge on any atom is 0.133 e. The number of nitrogens with zero attached hydrogens (tertiary/aromatic N) is 2. The van der Waals surface area contributed by atoms with Gasteiger partial charge in [0.1, 0.15) is 17.3 Å². The van der Waals surface area contributed by atoms with E-state index in [9.17, 15) is 0 Å². The second-order valence-electron chi connectivity index (χ2n) is 6.94. The van der Waals surface area contributed by atoms with Gasteiger partial charge in [0.2, 0.25) is 0 Å². The zero-order chi connectivity index (χ0) is 18.1. The highest BCUT2D eigenvalue weighted by Gasteiger charge is 2.23. The Hall–Kier alpha value is -2.75. The molecule has 0 atom stereocenters. The largest absolute Gasteiger partial charge is 0.496 e. The minimum Gasteiger partial charge on any atom is -0.496 e. The van der Waals surface area contributed by atoms with Crippen LogP contribution in [0, 0.1) is 13.8 Å². The van der Waals surface area contributed by atoms with E-state index in [2.05, 4.69) is 48.1 Å². The SMILES string of the molecule is COc1ccccc1-c1nn(-c2ccc(C)c(C)c2)c2c1CCCCN2. The van der Waals surface area contributed by atoms with Crippen LogP contribution in [0.5, 0.6) is 5.75 Å². The molecule has 0 saturated carbocycles. The lowest BCUT2D eigenvalue weighted by atomic mass is 10.0. The number of fused-ring (bicyclic) bond motifs is 1. The third kappa shape index (κ3) is 2.85. The molecule has 4 nitrogen and oxygen atoms in total. The summed E-state index contributed by atoms with van der Waals surface area (Å²) in [5.74, 6) is 1.98. The van der Waals surface area contributed by atoms with Crippen LogP contribution in [0.15, 0.2) is 42.5 Å². The zero-order valence-corrected chi connectivity index (χ0v) is 15.7. The van der Waals surface area contributed by atoms with Crippen molar-refractivity contribution in [2.24, 2.45) is 0 Å². The normalized spacial score (nSPS) is 13.7. The Morgan fingerprint density at radius 2 is 1.88 bits per heavy atom. The summed E-state index contributed by atoms with van der Waals surface area (Å²) in [6, 6.07) is 14.7. The fourth-order valence-corrected chi connectivity index (χ4v) is 3.60. The molecule has 134 valence electrons. The molecule has 4 heteroatoms. The number of aryl methyl sites for hydroxylation is 2. The predicted octanol–water partition coefficient (Wildman–Crippen LogP) is 4.91. The molecule has 0 unspecified atom stereocenters. The first-order chi connectivity index (χ1) is 12.7. The second kappa shape index (κ2) is 6.87. The van der Waals surface area contributed by atoms with Gasteiger partial charge >= 0.3 is 0 Å². The van der Waals surface area contributed by atoms with Crippen LogP contribution in [0.1, 0.15) is 29.5 Å². The van der Waals surface area contributed by atoms with Crippen LogP contribution in [-0.2, 0) is 6.42 Å². The van der Waals surface area contributed by atoms with E-state index >= 15 is 0 Å². The smallest absolute Gasteiger partial charge is 0.133 e. The van der Waals surface area contributed by atoms with Crippen LogP contribution < -0.4 is 10.1 Å². The topological polar surface area (TPSA) is 39.1 Å². The van der Waals surface area contributed by atoms with E-state index in [0.29, 0.717) is 0 Å².